The molecule has 2 aromatic rings. The zero-order valence-electron chi connectivity index (χ0n) is 10.9. The van der Waals surface area contributed by atoms with Gasteiger partial charge in [-0.15, -0.1) is 0 Å². The van der Waals surface area contributed by atoms with E-state index in [1.165, 1.54) is 6.07 Å². The lowest BCUT2D eigenvalue weighted by Gasteiger charge is -2.06. The van der Waals surface area contributed by atoms with Crippen LogP contribution in [-0.4, -0.2) is 11.0 Å². The number of carbonyl (C=O) groups excluding carboxylic acids is 1. The molecule has 1 heterocycles. The van der Waals surface area contributed by atoms with Crippen molar-refractivity contribution < 1.29 is 9.53 Å². The van der Waals surface area contributed by atoms with Crippen molar-refractivity contribution in [1.82, 2.24) is 4.98 Å². The van der Waals surface area contributed by atoms with Crippen molar-refractivity contribution in [1.29, 1.82) is 0 Å². The molecule has 0 saturated heterocycles. The highest BCUT2D eigenvalue weighted by molar-refractivity contribution is 6.30. The van der Waals surface area contributed by atoms with Crippen LogP contribution in [0, 0.1) is 0 Å². The van der Waals surface area contributed by atoms with Crippen LogP contribution in [-0.2, 0) is 17.8 Å². The van der Waals surface area contributed by atoms with Crippen LogP contribution in [0.5, 0.6) is 0 Å². The fourth-order valence-electron chi connectivity index (χ4n) is 1.66. The molecule has 104 valence electrons. The third-order valence-corrected chi connectivity index (χ3v) is 3.17. The van der Waals surface area contributed by atoms with E-state index in [0.717, 1.165) is 11.3 Å². The van der Waals surface area contributed by atoms with Crippen molar-refractivity contribution >= 4 is 29.2 Å². The fourth-order valence-corrected chi connectivity index (χ4v) is 2.02. The van der Waals surface area contributed by atoms with Gasteiger partial charge in [-0.25, -0.2) is 9.78 Å². The van der Waals surface area contributed by atoms with Crippen LogP contribution in [0.3, 0.4) is 0 Å². The van der Waals surface area contributed by atoms with Crippen molar-refractivity contribution in [3.63, 3.8) is 0 Å². The maximum Gasteiger partial charge on any atom is 0.338 e. The van der Waals surface area contributed by atoms with Crippen molar-refractivity contribution in [3.05, 3.63) is 63.4 Å². The van der Waals surface area contributed by atoms with Gasteiger partial charge in [-0.1, -0.05) is 42.3 Å². The number of hydrogen-bond acceptors (Lipinski definition) is 3. The number of pyridine rings is 1. The van der Waals surface area contributed by atoms with E-state index in [-0.39, 0.29) is 6.61 Å². The molecule has 0 spiro atoms. The predicted octanol–water partition coefficient (Wildman–Crippen LogP) is 4.31. The summed E-state index contributed by atoms with van der Waals surface area (Å²) in [5.74, 6) is -0.418. The number of rotatable bonds is 4. The SMILES string of the molecule is CCc1cc(C(=O)OCc2ccc(Cl)cc2)cc(Cl)n1. The maximum absolute atomic E-state index is 12.0. The summed E-state index contributed by atoms with van der Waals surface area (Å²) in [4.78, 5) is 16.1. The van der Waals surface area contributed by atoms with Crippen LogP contribution < -0.4 is 0 Å². The molecule has 3 nitrogen and oxygen atoms in total. The van der Waals surface area contributed by atoms with Gasteiger partial charge in [0, 0.05) is 10.7 Å². The molecule has 0 saturated carbocycles. The largest absolute Gasteiger partial charge is 0.457 e. The van der Waals surface area contributed by atoms with E-state index in [1.807, 2.05) is 19.1 Å². The van der Waals surface area contributed by atoms with E-state index in [2.05, 4.69) is 4.98 Å². The molecule has 0 aliphatic carbocycles. The lowest BCUT2D eigenvalue weighted by atomic mass is 10.2. The first-order valence-corrected chi connectivity index (χ1v) is 6.92. The van der Waals surface area contributed by atoms with Crippen LogP contribution in [0.2, 0.25) is 10.2 Å². The van der Waals surface area contributed by atoms with Crippen LogP contribution >= 0.6 is 23.2 Å². The number of ether oxygens (including phenoxy) is 1. The number of benzene rings is 1. The lowest BCUT2D eigenvalue weighted by Crippen LogP contribution is -2.06. The van der Waals surface area contributed by atoms with Gasteiger partial charge in [-0.05, 0) is 36.2 Å². The third-order valence-electron chi connectivity index (χ3n) is 2.73. The first kappa shape index (κ1) is 14.8. The minimum Gasteiger partial charge on any atom is -0.457 e. The molecule has 20 heavy (non-hydrogen) atoms. The van der Waals surface area contributed by atoms with Crippen molar-refractivity contribution in [2.45, 2.75) is 20.0 Å². The average Bonchev–Trinajstić information content (AvgIpc) is 2.45. The molecule has 0 amide bonds. The normalized spacial score (nSPS) is 10.3. The zero-order valence-corrected chi connectivity index (χ0v) is 12.4. The number of halogens is 2. The van der Waals surface area contributed by atoms with E-state index in [1.54, 1.807) is 18.2 Å². The quantitative estimate of drug-likeness (QED) is 0.624. The van der Waals surface area contributed by atoms with E-state index >= 15 is 0 Å². The summed E-state index contributed by atoms with van der Waals surface area (Å²) >= 11 is 11.7. The zero-order chi connectivity index (χ0) is 14.5. The van der Waals surface area contributed by atoms with Gasteiger partial charge in [0.25, 0.3) is 0 Å². The summed E-state index contributed by atoms with van der Waals surface area (Å²) in [7, 11) is 0. The molecule has 0 aliphatic rings. The standard InChI is InChI=1S/C15H13Cl2NO2/c1-2-13-7-11(8-14(17)18-13)15(19)20-9-10-3-5-12(16)6-4-10/h3-8H,2,9H2,1H3. The highest BCUT2D eigenvalue weighted by Gasteiger charge is 2.10. The number of aryl methyl sites for hydroxylation is 1. The monoisotopic (exact) mass is 309 g/mol. The number of carbonyl (C=O) groups is 1. The number of esters is 1. The van der Waals surface area contributed by atoms with Crippen LogP contribution in [0.15, 0.2) is 36.4 Å². The summed E-state index contributed by atoms with van der Waals surface area (Å²) in [6, 6.07) is 10.3. The Labute approximate surface area is 127 Å². The Morgan fingerprint density at radius 3 is 2.55 bits per heavy atom. The molecule has 0 unspecified atom stereocenters. The summed E-state index contributed by atoms with van der Waals surface area (Å²) in [5, 5.41) is 0.941. The number of nitrogens with zero attached hydrogens (tertiary/aromatic N) is 1. The molecule has 2 rings (SSSR count). The number of hydrogen-bond donors (Lipinski definition) is 0. The van der Waals surface area contributed by atoms with Gasteiger partial charge in [-0.3, -0.25) is 0 Å². The molecule has 0 radical (unpaired) electrons. The Hall–Kier alpha value is -1.58. The molecule has 5 heteroatoms. The molecule has 1 aromatic carbocycles. The Morgan fingerprint density at radius 2 is 1.90 bits per heavy atom. The van der Waals surface area contributed by atoms with Gasteiger partial charge in [0.1, 0.15) is 11.8 Å². The topological polar surface area (TPSA) is 39.2 Å². The molecule has 0 aliphatic heterocycles. The second kappa shape index (κ2) is 6.73. The highest BCUT2D eigenvalue weighted by Crippen LogP contribution is 2.14. The Kier molecular flexibility index (Phi) is 4.99. The Bertz CT molecular complexity index is 612. The van der Waals surface area contributed by atoms with Crippen molar-refractivity contribution in [3.8, 4) is 0 Å². The fraction of sp³-hybridized carbons (Fsp3) is 0.200. The van der Waals surface area contributed by atoms with Gasteiger partial charge >= 0.3 is 5.97 Å². The lowest BCUT2D eigenvalue weighted by molar-refractivity contribution is 0.0472. The van der Waals surface area contributed by atoms with Crippen LogP contribution in [0.4, 0.5) is 0 Å². The van der Waals surface area contributed by atoms with Crippen LogP contribution in [0.25, 0.3) is 0 Å². The molecule has 0 bridgehead atoms. The molecule has 0 N–H and O–H groups in total. The van der Waals surface area contributed by atoms with E-state index < -0.39 is 5.97 Å². The summed E-state index contributed by atoms with van der Waals surface area (Å²) in [6.45, 7) is 2.14. The van der Waals surface area contributed by atoms with Gasteiger partial charge in [0.15, 0.2) is 0 Å². The van der Waals surface area contributed by atoms with Gasteiger partial charge in [0.05, 0.1) is 5.56 Å². The molecule has 0 fully saturated rings. The average molecular weight is 310 g/mol. The first-order valence-electron chi connectivity index (χ1n) is 6.16. The maximum atomic E-state index is 12.0. The molecular weight excluding hydrogens is 297 g/mol. The van der Waals surface area contributed by atoms with Gasteiger partial charge in [0.2, 0.25) is 0 Å². The van der Waals surface area contributed by atoms with Crippen molar-refractivity contribution in [2.75, 3.05) is 0 Å². The second-order valence-corrected chi connectivity index (χ2v) is 5.05. The Morgan fingerprint density at radius 1 is 1.20 bits per heavy atom. The third kappa shape index (κ3) is 3.95. The molecule has 0 atom stereocenters. The molecule has 1 aromatic heterocycles. The first-order chi connectivity index (χ1) is 9.58. The number of aromatic nitrogens is 1. The van der Waals surface area contributed by atoms with E-state index in [4.69, 9.17) is 27.9 Å². The van der Waals surface area contributed by atoms with Crippen molar-refractivity contribution in [2.24, 2.45) is 0 Å². The Balaban J connectivity index is 2.04. The summed E-state index contributed by atoms with van der Waals surface area (Å²) in [5.41, 5.74) is 2.05. The van der Waals surface area contributed by atoms with Gasteiger partial charge < -0.3 is 4.74 Å². The minimum absolute atomic E-state index is 0.192. The van der Waals surface area contributed by atoms with Crippen LogP contribution in [0.1, 0.15) is 28.5 Å². The highest BCUT2D eigenvalue weighted by atomic mass is 35.5. The smallest absolute Gasteiger partial charge is 0.338 e. The van der Waals surface area contributed by atoms with Gasteiger partial charge in [-0.2, -0.15) is 0 Å². The predicted molar refractivity (Wildman–Crippen MR) is 79.2 cm³/mol. The minimum atomic E-state index is -0.418. The molecular formula is C15H13Cl2NO2. The summed E-state index contributed by atoms with van der Waals surface area (Å²) in [6.07, 6.45) is 0.706. The van der Waals surface area contributed by atoms with E-state index in [0.29, 0.717) is 22.2 Å². The second-order valence-electron chi connectivity index (χ2n) is 4.23. The summed E-state index contributed by atoms with van der Waals surface area (Å²) < 4.78 is 5.24. The van der Waals surface area contributed by atoms with E-state index in [9.17, 15) is 4.79 Å².